The van der Waals surface area contributed by atoms with E-state index in [-0.39, 0.29) is 0 Å². The van der Waals surface area contributed by atoms with Crippen molar-refractivity contribution >= 4 is 15.9 Å². The van der Waals surface area contributed by atoms with E-state index in [4.69, 9.17) is 4.74 Å². The van der Waals surface area contributed by atoms with E-state index in [0.29, 0.717) is 12.6 Å². The molecule has 21 heavy (non-hydrogen) atoms. The molecule has 0 aliphatic carbocycles. The monoisotopic (exact) mass is 351 g/mol. The first kappa shape index (κ1) is 16.0. The Balaban J connectivity index is 1.91. The molecule has 114 valence electrons. The van der Waals surface area contributed by atoms with Crippen LogP contribution < -0.4 is 10.1 Å². The fraction of sp³-hybridized carbons (Fsp3) is 0.438. The summed E-state index contributed by atoms with van der Waals surface area (Å²) < 4.78 is 8.83. The molecule has 0 saturated heterocycles. The van der Waals surface area contributed by atoms with Crippen molar-refractivity contribution in [1.29, 1.82) is 0 Å². The molecule has 0 aliphatic heterocycles. The Morgan fingerprint density at radius 1 is 1.33 bits per heavy atom. The van der Waals surface area contributed by atoms with E-state index in [0.717, 1.165) is 23.2 Å². The number of hydrogen-bond donors (Lipinski definition) is 1. The van der Waals surface area contributed by atoms with Crippen LogP contribution in [0.5, 0.6) is 5.75 Å². The number of nitrogens with one attached hydrogen (secondary N) is 1. The summed E-state index contributed by atoms with van der Waals surface area (Å²) >= 11 is 3.58. The summed E-state index contributed by atoms with van der Waals surface area (Å²) in [4.78, 5) is 0. The molecule has 2 aromatic rings. The maximum atomic E-state index is 5.85. The second-order valence-corrected chi connectivity index (χ2v) is 6.19. The number of ether oxygens (including phenoxy) is 1. The topological polar surface area (TPSA) is 39.1 Å². The molecule has 0 amide bonds. The predicted molar refractivity (Wildman–Crippen MR) is 88.5 cm³/mol. The third-order valence-electron chi connectivity index (χ3n) is 3.27. The molecule has 2 rings (SSSR count). The summed E-state index contributed by atoms with van der Waals surface area (Å²) in [6, 6.07) is 8.60. The average molecular weight is 352 g/mol. The number of hydrogen-bond acceptors (Lipinski definition) is 3. The lowest BCUT2D eigenvalue weighted by Crippen LogP contribution is -2.22. The second-order valence-electron chi connectivity index (χ2n) is 5.33. The minimum absolute atomic E-state index is 0.464. The average Bonchev–Trinajstić information content (AvgIpc) is 2.84. The summed E-state index contributed by atoms with van der Waals surface area (Å²) in [7, 11) is 1.95. The zero-order valence-corrected chi connectivity index (χ0v) is 14.4. The van der Waals surface area contributed by atoms with Crippen LogP contribution in [0.3, 0.4) is 0 Å². The maximum Gasteiger partial charge on any atom is 0.119 e. The molecule has 0 radical (unpaired) electrons. The lowest BCUT2D eigenvalue weighted by atomic mass is 10.2. The second kappa shape index (κ2) is 7.61. The van der Waals surface area contributed by atoms with Gasteiger partial charge in [0.2, 0.25) is 0 Å². The van der Waals surface area contributed by atoms with Crippen molar-refractivity contribution in [3.05, 3.63) is 46.2 Å². The highest BCUT2D eigenvalue weighted by molar-refractivity contribution is 9.10. The van der Waals surface area contributed by atoms with E-state index < -0.39 is 0 Å². The summed E-state index contributed by atoms with van der Waals surface area (Å²) in [5, 5.41) is 7.57. The van der Waals surface area contributed by atoms with Crippen LogP contribution in [0.2, 0.25) is 0 Å². The predicted octanol–water partition coefficient (Wildman–Crippen LogP) is 3.30. The first-order valence-electron chi connectivity index (χ1n) is 7.17. The molecule has 0 fully saturated rings. The van der Waals surface area contributed by atoms with Crippen LogP contribution in [-0.2, 0) is 20.0 Å². The smallest absolute Gasteiger partial charge is 0.119 e. The highest BCUT2D eigenvalue weighted by Crippen LogP contribution is 2.23. The lowest BCUT2D eigenvalue weighted by molar-refractivity contribution is 0.318. The van der Waals surface area contributed by atoms with Gasteiger partial charge in [-0.1, -0.05) is 29.8 Å². The maximum absolute atomic E-state index is 5.85. The normalized spacial score (nSPS) is 11.1. The fourth-order valence-electron chi connectivity index (χ4n) is 2.01. The number of halogens is 1. The van der Waals surface area contributed by atoms with Crippen molar-refractivity contribution < 1.29 is 4.74 Å². The lowest BCUT2D eigenvalue weighted by Gasteiger charge is -2.12. The van der Waals surface area contributed by atoms with E-state index in [9.17, 15) is 0 Å². The van der Waals surface area contributed by atoms with Gasteiger partial charge in [-0.2, -0.15) is 5.10 Å². The van der Waals surface area contributed by atoms with E-state index >= 15 is 0 Å². The van der Waals surface area contributed by atoms with Crippen LogP contribution in [0, 0.1) is 0 Å². The van der Waals surface area contributed by atoms with Crippen molar-refractivity contribution in [2.45, 2.75) is 32.9 Å². The molecular formula is C16H22BrN3O. The summed E-state index contributed by atoms with van der Waals surface area (Å²) in [6.07, 6.45) is 2.66. The van der Waals surface area contributed by atoms with E-state index in [2.05, 4.69) is 46.3 Å². The Morgan fingerprint density at radius 3 is 2.81 bits per heavy atom. The molecule has 0 aliphatic rings. The Bertz CT molecular complexity index is 581. The van der Waals surface area contributed by atoms with Crippen molar-refractivity contribution in [2.75, 3.05) is 6.61 Å². The Hall–Kier alpha value is -1.33. The molecule has 0 bridgehead atoms. The van der Waals surface area contributed by atoms with Gasteiger partial charge in [-0.25, -0.2) is 0 Å². The van der Waals surface area contributed by atoms with Gasteiger partial charge in [-0.15, -0.1) is 0 Å². The molecule has 1 aromatic carbocycles. The largest absolute Gasteiger partial charge is 0.493 e. The SMILES string of the molecule is CC(C)NCc1cc(OCCc2ccnn2C)ccc1Br. The van der Waals surface area contributed by atoms with E-state index in [1.807, 2.05) is 36.1 Å². The summed E-state index contributed by atoms with van der Waals surface area (Å²) in [5.41, 5.74) is 2.38. The first-order valence-corrected chi connectivity index (χ1v) is 7.97. The van der Waals surface area contributed by atoms with Crippen LogP contribution >= 0.6 is 15.9 Å². The van der Waals surface area contributed by atoms with Crippen molar-refractivity contribution in [2.24, 2.45) is 7.05 Å². The number of rotatable bonds is 7. The van der Waals surface area contributed by atoms with Gasteiger partial charge >= 0.3 is 0 Å². The van der Waals surface area contributed by atoms with Crippen LogP contribution in [0.15, 0.2) is 34.9 Å². The molecular weight excluding hydrogens is 330 g/mol. The highest BCUT2D eigenvalue weighted by Gasteiger charge is 2.04. The Labute approximate surface area is 134 Å². The van der Waals surface area contributed by atoms with Crippen molar-refractivity contribution in [3.8, 4) is 5.75 Å². The van der Waals surface area contributed by atoms with Crippen molar-refractivity contribution in [3.63, 3.8) is 0 Å². The van der Waals surface area contributed by atoms with Crippen LogP contribution in [-0.4, -0.2) is 22.4 Å². The van der Waals surface area contributed by atoms with Crippen molar-refractivity contribution in [1.82, 2.24) is 15.1 Å². The standard InChI is InChI=1S/C16H22BrN3O/c1-12(2)18-11-13-10-15(4-5-16(13)17)21-9-7-14-6-8-19-20(14)3/h4-6,8,10,12,18H,7,9,11H2,1-3H3. The zero-order valence-electron chi connectivity index (χ0n) is 12.8. The molecule has 0 atom stereocenters. The summed E-state index contributed by atoms with van der Waals surface area (Å²) in [5.74, 6) is 0.904. The fourth-order valence-corrected chi connectivity index (χ4v) is 2.40. The van der Waals surface area contributed by atoms with Gasteiger partial charge in [0.05, 0.1) is 6.61 Å². The molecule has 0 unspecified atom stereocenters. The third kappa shape index (κ3) is 4.86. The molecule has 1 heterocycles. The minimum atomic E-state index is 0.464. The molecule has 0 saturated carbocycles. The molecule has 5 heteroatoms. The molecule has 0 spiro atoms. The minimum Gasteiger partial charge on any atom is -0.493 e. The zero-order chi connectivity index (χ0) is 15.2. The first-order chi connectivity index (χ1) is 10.1. The molecule has 1 N–H and O–H groups in total. The van der Waals surface area contributed by atoms with Crippen LogP contribution in [0.1, 0.15) is 25.1 Å². The third-order valence-corrected chi connectivity index (χ3v) is 4.04. The van der Waals surface area contributed by atoms with Gasteiger partial charge in [-0.05, 0) is 29.8 Å². The quantitative estimate of drug-likeness (QED) is 0.831. The van der Waals surface area contributed by atoms with Crippen LogP contribution in [0.4, 0.5) is 0 Å². The van der Waals surface area contributed by atoms with E-state index in [1.54, 1.807) is 0 Å². The molecule has 4 nitrogen and oxygen atoms in total. The van der Waals surface area contributed by atoms with Gasteiger partial charge < -0.3 is 10.1 Å². The highest BCUT2D eigenvalue weighted by atomic mass is 79.9. The number of aromatic nitrogens is 2. The molecule has 1 aromatic heterocycles. The van der Waals surface area contributed by atoms with Gasteiger partial charge in [0.15, 0.2) is 0 Å². The van der Waals surface area contributed by atoms with E-state index in [1.165, 1.54) is 11.3 Å². The van der Waals surface area contributed by atoms with Gasteiger partial charge in [0, 0.05) is 42.4 Å². The van der Waals surface area contributed by atoms with Crippen LogP contribution in [0.25, 0.3) is 0 Å². The van der Waals surface area contributed by atoms with Gasteiger partial charge in [-0.3, -0.25) is 4.68 Å². The van der Waals surface area contributed by atoms with Gasteiger partial charge in [0.25, 0.3) is 0 Å². The summed E-state index contributed by atoms with van der Waals surface area (Å²) in [6.45, 7) is 5.76. The van der Waals surface area contributed by atoms with Gasteiger partial charge in [0.1, 0.15) is 5.75 Å². The number of nitrogens with zero attached hydrogens (tertiary/aromatic N) is 2. The Kier molecular flexibility index (Phi) is 5.82. The number of aryl methyl sites for hydroxylation is 1. The number of benzene rings is 1. The Morgan fingerprint density at radius 2 is 2.14 bits per heavy atom.